The van der Waals surface area contributed by atoms with Crippen molar-refractivity contribution in [1.29, 1.82) is 0 Å². The van der Waals surface area contributed by atoms with Crippen molar-refractivity contribution in [3.63, 3.8) is 0 Å². The largest absolute Gasteiger partial charge is 0.409 e. The van der Waals surface area contributed by atoms with E-state index in [1.54, 1.807) is 38.4 Å². The number of amides is 1. The Bertz CT molecular complexity index is 488. The lowest BCUT2D eigenvalue weighted by Crippen LogP contribution is -2.29. The summed E-state index contributed by atoms with van der Waals surface area (Å²) in [7, 11) is 3.29. The van der Waals surface area contributed by atoms with Crippen LogP contribution >= 0.6 is 0 Å². The van der Waals surface area contributed by atoms with Crippen LogP contribution in [0.1, 0.15) is 25.3 Å². The second kappa shape index (κ2) is 7.49. The van der Waals surface area contributed by atoms with E-state index in [1.165, 1.54) is 4.90 Å². The molecule has 0 aliphatic carbocycles. The summed E-state index contributed by atoms with van der Waals surface area (Å²) in [4.78, 5) is 13.7. The molecule has 20 heavy (non-hydrogen) atoms. The number of hydrogen-bond acceptors (Lipinski definition) is 4. The number of rotatable bonds is 6. The van der Waals surface area contributed by atoms with Crippen molar-refractivity contribution in [1.82, 2.24) is 0 Å². The van der Waals surface area contributed by atoms with Crippen molar-refractivity contribution in [2.24, 2.45) is 10.9 Å². The second-order valence-electron chi connectivity index (χ2n) is 4.54. The molecule has 1 aromatic rings. The molecule has 3 N–H and O–H groups in total. The standard InChI is InChI=1S/C14H21N3O3/c1-10(20-3)8-9-13(18)17(2)12-7-5-4-6-11(12)14(15)16-19/h4-7,10,19H,8-9H2,1-3H3,(H2,15,16). The number of nitrogens with two attached hydrogens (primary N) is 1. The summed E-state index contributed by atoms with van der Waals surface area (Å²) in [5.74, 6) is -0.0717. The smallest absolute Gasteiger partial charge is 0.226 e. The molecule has 110 valence electrons. The van der Waals surface area contributed by atoms with Gasteiger partial charge in [-0.15, -0.1) is 0 Å². The molecule has 0 radical (unpaired) electrons. The highest BCUT2D eigenvalue weighted by Gasteiger charge is 2.16. The van der Waals surface area contributed by atoms with Crippen molar-refractivity contribution in [3.05, 3.63) is 29.8 Å². The lowest BCUT2D eigenvalue weighted by molar-refractivity contribution is -0.118. The van der Waals surface area contributed by atoms with E-state index in [4.69, 9.17) is 15.7 Å². The summed E-state index contributed by atoms with van der Waals surface area (Å²) in [6.45, 7) is 1.91. The minimum Gasteiger partial charge on any atom is -0.409 e. The van der Waals surface area contributed by atoms with Gasteiger partial charge in [0.2, 0.25) is 5.91 Å². The van der Waals surface area contributed by atoms with Gasteiger partial charge in [0.15, 0.2) is 5.84 Å². The summed E-state index contributed by atoms with van der Waals surface area (Å²) < 4.78 is 5.12. The van der Waals surface area contributed by atoms with E-state index in [0.717, 1.165) is 0 Å². The Balaban J connectivity index is 2.87. The van der Waals surface area contributed by atoms with Crippen LogP contribution in [0.2, 0.25) is 0 Å². The zero-order chi connectivity index (χ0) is 15.1. The Labute approximate surface area is 118 Å². The van der Waals surface area contributed by atoms with Crippen LogP contribution in [0.15, 0.2) is 29.4 Å². The van der Waals surface area contributed by atoms with Crippen LogP contribution in [0.25, 0.3) is 0 Å². The normalized spacial score (nSPS) is 13.1. The highest BCUT2D eigenvalue weighted by atomic mass is 16.5. The quantitative estimate of drug-likeness (QED) is 0.358. The van der Waals surface area contributed by atoms with Crippen LogP contribution in [0, 0.1) is 0 Å². The maximum Gasteiger partial charge on any atom is 0.226 e. The Morgan fingerprint density at radius 2 is 2.15 bits per heavy atom. The Hall–Kier alpha value is -2.08. The van der Waals surface area contributed by atoms with Crippen molar-refractivity contribution in [3.8, 4) is 0 Å². The molecule has 0 aliphatic rings. The third kappa shape index (κ3) is 3.96. The molecule has 0 saturated carbocycles. The number of oxime groups is 1. The number of amidine groups is 1. The number of carbonyl (C=O) groups excluding carboxylic acids is 1. The molecule has 1 amide bonds. The monoisotopic (exact) mass is 279 g/mol. The summed E-state index contributed by atoms with van der Waals surface area (Å²) in [5.41, 5.74) is 6.75. The van der Waals surface area contributed by atoms with Gasteiger partial charge in [0, 0.05) is 26.1 Å². The molecule has 1 atom stereocenters. The van der Waals surface area contributed by atoms with Crippen LogP contribution in [0.4, 0.5) is 5.69 Å². The molecule has 1 rings (SSSR count). The Morgan fingerprint density at radius 3 is 2.75 bits per heavy atom. The fraction of sp³-hybridized carbons (Fsp3) is 0.429. The first-order chi connectivity index (χ1) is 9.51. The van der Waals surface area contributed by atoms with Gasteiger partial charge in [0.25, 0.3) is 0 Å². The van der Waals surface area contributed by atoms with Gasteiger partial charge in [-0.1, -0.05) is 17.3 Å². The highest BCUT2D eigenvalue weighted by molar-refractivity contribution is 6.06. The van der Waals surface area contributed by atoms with Crippen molar-refractivity contribution >= 4 is 17.4 Å². The fourth-order valence-corrected chi connectivity index (χ4v) is 1.78. The molecule has 6 nitrogen and oxygen atoms in total. The van der Waals surface area contributed by atoms with Crippen LogP contribution in [-0.4, -0.2) is 37.2 Å². The minimum atomic E-state index is -0.0490. The molecule has 0 bridgehead atoms. The van der Waals surface area contributed by atoms with Gasteiger partial charge in [0.05, 0.1) is 11.8 Å². The molecule has 1 unspecified atom stereocenters. The van der Waals surface area contributed by atoms with E-state index in [2.05, 4.69) is 5.16 Å². The van der Waals surface area contributed by atoms with Gasteiger partial charge in [-0.25, -0.2) is 0 Å². The number of ether oxygens (including phenoxy) is 1. The summed E-state index contributed by atoms with van der Waals surface area (Å²) in [6.07, 6.45) is 1.05. The number of anilines is 1. The predicted octanol–water partition coefficient (Wildman–Crippen LogP) is 1.56. The topological polar surface area (TPSA) is 88.2 Å². The summed E-state index contributed by atoms with van der Waals surface area (Å²) in [6, 6.07) is 7.02. The highest BCUT2D eigenvalue weighted by Crippen LogP contribution is 2.20. The molecule has 0 heterocycles. The molecular formula is C14H21N3O3. The van der Waals surface area contributed by atoms with E-state index in [0.29, 0.717) is 24.1 Å². The number of hydrogen-bond donors (Lipinski definition) is 2. The van der Waals surface area contributed by atoms with Crippen molar-refractivity contribution < 1.29 is 14.7 Å². The first-order valence-electron chi connectivity index (χ1n) is 6.37. The fourth-order valence-electron chi connectivity index (χ4n) is 1.78. The maximum absolute atomic E-state index is 12.2. The van der Waals surface area contributed by atoms with E-state index >= 15 is 0 Å². The number of para-hydroxylation sites is 1. The lowest BCUT2D eigenvalue weighted by atomic mass is 10.1. The minimum absolute atomic E-state index is 0.0227. The second-order valence-corrected chi connectivity index (χ2v) is 4.54. The summed E-state index contributed by atoms with van der Waals surface area (Å²) >= 11 is 0. The average molecular weight is 279 g/mol. The van der Waals surface area contributed by atoms with Crippen LogP contribution < -0.4 is 10.6 Å². The molecular weight excluding hydrogens is 258 g/mol. The van der Waals surface area contributed by atoms with Gasteiger partial charge < -0.3 is 20.6 Å². The van der Waals surface area contributed by atoms with Gasteiger partial charge in [0.1, 0.15) is 0 Å². The third-order valence-electron chi connectivity index (χ3n) is 3.19. The number of nitrogens with zero attached hydrogens (tertiary/aromatic N) is 2. The van der Waals surface area contributed by atoms with E-state index in [9.17, 15) is 4.79 Å². The zero-order valence-electron chi connectivity index (χ0n) is 12.0. The number of methoxy groups -OCH3 is 1. The lowest BCUT2D eigenvalue weighted by Gasteiger charge is -2.21. The van der Waals surface area contributed by atoms with E-state index in [1.807, 2.05) is 6.92 Å². The van der Waals surface area contributed by atoms with E-state index < -0.39 is 0 Å². The van der Waals surface area contributed by atoms with Crippen LogP contribution in [0.5, 0.6) is 0 Å². The van der Waals surface area contributed by atoms with Crippen molar-refractivity contribution in [2.45, 2.75) is 25.9 Å². The molecule has 0 fully saturated rings. The first-order valence-corrected chi connectivity index (χ1v) is 6.37. The molecule has 0 spiro atoms. The summed E-state index contributed by atoms with van der Waals surface area (Å²) in [5, 5.41) is 11.8. The molecule has 6 heteroatoms. The van der Waals surface area contributed by atoms with Gasteiger partial charge in [-0.2, -0.15) is 0 Å². The Morgan fingerprint density at radius 1 is 1.50 bits per heavy atom. The van der Waals surface area contributed by atoms with Gasteiger partial charge in [-0.05, 0) is 25.5 Å². The average Bonchev–Trinajstić information content (AvgIpc) is 2.50. The number of carbonyl (C=O) groups is 1. The van der Waals surface area contributed by atoms with Crippen LogP contribution in [-0.2, 0) is 9.53 Å². The Kier molecular flexibility index (Phi) is 5.99. The van der Waals surface area contributed by atoms with Crippen molar-refractivity contribution in [2.75, 3.05) is 19.1 Å². The molecule has 0 aromatic heterocycles. The zero-order valence-corrected chi connectivity index (χ0v) is 12.0. The third-order valence-corrected chi connectivity index (χ3v) is 3.19. The SMILES string of the molecule is COC(C)CCC(=O)N(C)c1ccccc1/C(N)=N/O. The van der Waals surface area contributed by atoms with Gasteiger partial charge >= 0.3 is 0 Å². The van der Waals surface area contributed by atoms with E-state index in [-0.39, 0.29) is 17.8 Å². The maximum atomic E-state index is 12.2. The first kappa shape index (κ1) is 16.0. The number of benzene rings is 1. The van der Waals surface area contributed by atoms with Gasteiger partial charge in [-0.3, -0.25) is 4.79 Å². The molecule has 1 aromatic carbocycles. The predicted molar refractivity (Wildman–Crippen MR) is 78.1 cm³/mol. The van der Waals surface area contributed by atoms with Crippen LogP contribution in [0.3, 0.4) is 0 Å². The molecule has 0 saturated heterocycles. The molecule has 0 aliphatic heterocycles.